The molecule has 3 rings (SSSR count). The minimum Gasteiger partial charge on any atom is -0.482 e. The van der Waals surface area contributed by atoms with Crippen LogP contribution < -0.4 is 20.7 Å². The van der Waals surface area contributed by atoms with E-state index >= 15 is 0 Å². The summed E-state index contributed by atoms with van der Waals surface area (Å²) < 4.78 is 5.31. The molecule has 0 fully saturated rings. The molecule has 1 aliphatic heterocycles. The van der Waals surface area contributed by atoms with Crippen molar-refractivity contribution in [3.63, 3.8) is 0 Å². The number of fused-ring (bicyclic) bond motifs is 1. The van der Waals surface area contributed by atoms with Gasteiger partial charge in [-0.2, -0.15) is 0 Å². The lowest BCUT2D eigenvalue weighted by Gasteiger charge is -2.18. The van der Waals surface area contributed by atoms with Crippen LogP contribution in [0.3, 0.4) is 0 Å². The molecule has 28 heavy (non-hydrogen) atoms. The smallest absolute Gasteiger partial charge is 0.262 e. The lowest BCUT2D eigenvalue weighted by Crippen LogP contribution is -2.28. The maximum absolute atomic E-state index is 12.3. The Kier molecular flexibility index (Phi) is 6.01. The maximum atomic E-state index is 12.3. The zero-order valence-electron chi connectivity index (χ0n) is 15.3. The molecule has 0 aliphatic carbocycles. The van der Waals surface area contributed by atoms with Crippen LogP contribution in [0.1, 0.15) is 22.3 Å². The van der Waals surface area contributed by atoms with Crippen LogP contribution >= 0.6 is 0 Å². The minimum absolute atomic E-state index is 0.00242. The Morgan fingerprint density at radius 1 is 1.29 bits per heavy atom. The Morgan fingerprint density at radius 3 is 2.89 bits per heavy atom. The van der Waals surface area contributed by atoms with E-state index in [4.69, 9.17) is 4.74 Å². The highest BCUT2D eigenvalue weighted by molar-refractivity contribution is 6.08. The van der Waals surface area contributed by atoms with Gasteiger partial charge in [-0.3, -0.25) is 19.4 Å². The molecule has 144 valence electrons. The van der Waals surface area contributed by atoms with Gasteiger partial charge in [0.1, 0.15) is 11.6 Å². The number of carbonyl (C=O) groups excluding carboxylic acids is 3. The summed E-state index contributed by atoms with van der Waals surface area (Å²) >= 11 is 0. The predicted octanol–water partition coefficient (Wildman–Crippen LogP) is 1.98. The van der Waals surface area contributed by atoms with Crippen molar-refractivity contribution in [1.82, 2.24) is 5.32 Å². The molecule has 0 unspecified atom stereocenters. The van der Waals surface area contributed by atoms with Gasteiger partial charge in [-0.25, -0.2) is 0 Å². The molecule has 2 amide bonds. The molecule has 0 atom stereocenters. The van der Waals surface area contributed by atoms with E-state index in [1.54, 1.807) is 43.4 Å². The van der Waals surface area contributed by atoms with Gasteiger partial charge in [-0.15, -0.1) is 0 Å². The van der Waals surface area contributed by atoms with Crippen molar-refractivity contribution in [2.75, 3.05) is 24.3 Å². The van der Waals surface area contributed by atoms with Crippen LogP contribution in [0.25, 0.3) is 0 Å². The number of anilines is 2. The highest BCUT2D eigenvalue weighted by Gasteiger charge is 2.16. The Labute approximate surface area is 162 Å². The summed E-state index contributed by atoms with van der Waals surface area (Å²) in [5, 5.41) is 8.56. The van der Waals surface area contributed by atoms with Gasteiger partial charge in [0, 0.05) is 24.8 Å². The first-order valence-corrected chi connectivity index (χ1v) is 8.68. The van der Waals surface area contributed by atoms with Crippen LogP contribution in [0, 0.1) is 0 Å². The largest absolute Gasteiger partial charge is 0.482 e. The number of aliphatic imine (C=N–C) groups is 1. The van der Waals surface area contributed by atoms with Gasteiger partial charge >= 0.3 is 0 Å². The van der Waals surface area contributed by atoms with Crippen molar-refractivity contribution in [1.29, 1.82) is 0 Å². The molecule has 2 aromatic rings. The first-order valence-electron chi connectivity index (χ1n) is 8.68. The van der Waals surface area contributed by atoms with Gasteiger partial charge in [0.05, 0.1) is 12.1 Å². The van der Waals surface area contributed by atoms with E-state index in [2.05, 4.69) is 20.9 Å². The average molecular weight is 380 g/mol. The summed E-state index contributed by atoms with van der Waals surface area (Å²) in [7, 11) is 1.57. The van der Waals surface area contributed by atoms with E-state index in [1.165, 1.54) is 0 Å². The predicted molar refractivity (Wildman–Crippen MR) is 106 cm³/mol. The molecule has 3 N–H and O–H groups in total. The van der Waals surface area contributed by atoms with E-state index in [0.29, 0.717) is 35.1 Å². The van der Waals surface area contributed by atoms with Crippen LogP contribution in [-0.4, -0.2) is 37.6 Å². The number of amides is 2. The fourth-order valence-corrected chi connectivity index (χ4v) is 2.70. The van der Waals surface area contributed by atoms with Gasteiger partial charge in [-0.05, 0) is 29.8 Å². The summed E-state index contributed by atoms with van der Waals surface area (Å²) in [5.41, 5.74) is 2.50. The zero-order valence-corrected chi connectivity index (χ0v) is 15.3. The molecule has 8 heteroatoms. The van der Waals surface area contributed by atoms with Crippen LogP contribution in [0.15, 0.2) is 47.5 Å². The van der Waals surface area contributed by atoms with Gasteiger partial charge in [-0.1, -0.05) is 18.2 Å². The number of nitrogens with zero attached hydrogens (tertiary/aromatic N) is 1. The number of carbonyl (C=O) groups is 3. The third-order valence-corrected chi connectivity index (χ3v) is 4.13. The van der Waals surface area contributed by atoms with Crippen molar-refractivity contribution in [3.05, 3.63) is 53.6 Å². The number of nitrogens with one attached hydrogen (secondary N) is 3. The molecule has 0 spiro atoms. The van der Waals surface area contributed by atoms with Crippen molar-refractivity contribution < 1.29 is 19.1 Å². The fourth-order valence-electron chi connectivity index (χ4n) is 2.70. The Bertz CT molecular complexity index is 940. The number of ether oxygens (including phenoxy) is 1. The summed E-state index contributed by atoms with van der Waals surface area (Å²) in [6, 6.07) is 12.3. The van der Waals surface area contributed by atoms with E-state index in [0.717, 1.165) is 11.8 Å². The fraction of sp³-hybridized carbons (Fsp3) is 0.200. The molecule has 0 saturated heterocycles. The highest BCUT2D eigenvalue weighted by Crippen LogP contribution is 2.28. The average Bonchev–Trinajstić information content (AvgIpc) is 2.71. The van der Waals surface area contributed by atoms with E-state index in [-0.39, 0.29) is 24.8 Å². The molecule has 0 saturated carbocycles. The van der Waals surface area contributed by atoms with E-state index in [9.17, 15) is 14.4 Å². The molecule has 1 heterocycles. The monoisotopic (exact) mass is 380 g/mol. The third kappa shape index (κ3) is 4.73. The number of para-hydroxylation sites is 1. The van der Waals surface area contributed by atoms with Crippen LogP contribution in [0.4, 0.5) is 11.4 Å². The first kappa shape index (κ1) is 19.1. The summed E-state index contributed by atoms with van der Waals surface area (Å²) in [6.45, 7) is 0.298. The molecule has 8 nitrogen and oxygen atoms in total. The van der Waals surface area contributed by atoms with Gasteiger partial charge < -0.3 is 20.7 Å². The van der Waals surface area contributed by atoms with Crippen molar-refractivity contribution in [3.8, 4) is 5.75 Å². The number of amidine groups is 1. The highest BCUT2D eigenvalue weighted by atomic mass is 16.5. The lowest BCUT2D eigenvalue weighted by molar-refractivity contribution is -0.120. The second kappa shape index (κ2) is 8.81. The molecule has 0 bridgehead atoms. The van der Waals surface area contributed by atoms with Gasteiger partial charge in [0.25, 0.3) is 5.91 Å². The summed E-state index contributed by atoms with van der Waals surface area (Å²) in [6.07, 6.45) is 0.781. The standard InChI is InChI=1S/C20H20N4O4/c1-21-18(23-15-5-3-2-4-14(15)11-25)9-19(26)22-10-13-6-7-17-16(8-13)24-20(27)12-28-17/h2-8,11H,9-10,12H2,1H3,(H,21,23)(H,22,26)(H,24,27). The van der Waals surface area contributed by atoms with E-state index < -0.39 is 0 Å². The van der Waals surface area contributed by atoms with Gasteiger partial charge in [0.15, 0.2) is 12.9 Å². The summed E-state index contributed by atoms with van der Waals surface area (Å²) in [5.74, 6) is 0.611. The normalized spacial score (nSPS) is 13.0. The third-order valence-electron chi connectivity index (χ3n) is 4.13. The minimum atomic E-state index is -0.227. The van der Waals surface area contributed by atoms with Gasteiger partial charge in [0.2, 0.25) is 5.91 Å². The van der Waals surface area contributed by atoms with Crippen LogP contribution in [0.5, 0.6) is 5.75 Å². The Morgan fingerprint density at radius 2 is 2.11 bits per heavy atom. The first-order chi connectivity index (χ1) is 13.6. The molecule has 0 radical (unpaired) electrons. The molecular weight excluding hydrogens is 360 g/mol. The molecule has 0 aromatic heterocycles. The number of rotatable bonds is 6. The van der Waals surface area contributed by atoms with Crippen molar-refractivity contribution in [2.45, 2.75) is 13.0 Å². The van der Waals surface area contributed by atoms with Crippen molar-refractivity contribution >= 4 is 35.3 Å². The Hall–Kier alpha value is -3.68. The molecule has 2 aromatic carbocycles. The number of benzene rings is 2. The SMILES string of the molecule is CN=C(CC(=O)NCc1ccc2c(c1)NC(=O)CO2)Nc1ccccc1C=O. The lowest BCUT2D eigenvalue weighted by atomic mass is 10.1. The van der Waals surface area contributed by atoms with Crippen LogP contribution in [-0.2, 0) is 16.1 Å². The summed E-state index contributed by atoms with van der Waals surface area (Å²) in [4.78, 5) is 38.9. The number of aldehydes is 1. The Balaban J connectivity index is 1.57. The molecule has 1 aliphatic rings. The maximum Gasteiger partial charge on any atom is 0.262 e. The zero-order chi connectivity index (χ0) is 19.9. The number of hydrogen-bond acceptors (Lipinski definition) is 5. The molecular formula is C20H20N4O4. The second-order valence-corrected chi connectivity index (χ2v) is 6.12. The van der Waals surface area contributed by atoms with Crippen molar-refractivity contribution in [2.24, 2.45) is 4.99 Å². The quantitative estimate of drug-likeness (QED) is 0.403. The van der Waals surface area contributed by atoms with Crippen LogP contribution in [0.2, 0.25) is 0 Å². The number of hydrogen-bond donors (Lipinski definition) is 3. The van der Waals surface area contributed by atoms with E-state index in [1.807, 2.05) is 6.07 Å². The topological polar surface area (TPSA) is 109 Å². The second-order valence-electron chi connectivity index (χ2n) is 6.12.